The van der Waals surface area contributed by atoms with E-state index in [1.165, 1.54) is 24.3 Å². The first-order valence-corrected chi connectivity index (χ1v) is 15.6. The van der Waals surface area contributed by atoms with Gasteiger partial charge in [0.1, 0.15) is 58.6 Å². The molecule has 0 bridgehead atoms. The molecule has 2 aliphatic rings. The van der Waals surface area contributed by atoms with Crippen LogP contribution in [0.5, 0.6) is 11.5 Å². The van der Waals surface area contributed by atoms with Gasteiger partial charge in [0.15, 0.2) is 0 Å². The Balaban J connectivity index is 1.41. The van der Waals surface area contributed by atoms with Crippen molar-refractivity contribution in [1.29, 1.82) is 21.0 Å². The quantitative estimate of drug-likeness (QED) is 0.131. The lowest BCUT2D eigenvalue weighted by Gasteiger charge is -2.12. The van der Waals surface area contributed by atoms with Gasteiger partial charge < -0.3 is 9.47 Å². The predicted octanol–water partition coefficient (Wildman–Crippen LogP) is 10.8. The van der Waals surface area contributed by atoms with Crippen molar-refractivity contribution < 1.29 is 44.6 Å². The molecule has 0 atom stereocenters. The van der Waals surface area contributed by atoms with Gasteiger partial charge in [-0.3, -0.25) is 0 Å². The number of allylic oxidation sites excluding steroid dienone is 2. The van der Waals surface area contributed by atoms with Gasteiger partial charge in [0, 0.05) is 55.3 Å². The number of hydrogen-bond donors (Lipinski definition) is 0. The van der Waals surface area contributed by atoms with E-state index < -0.39 is 35.9 Å². The molecule has 5 aromatic rings. The summed E-state index contributed by atoms with van der Waals surface area (Å²) in [7, 11) is 0. The van der Waals surface area contributed by atoms with Crippen LogP contribution in [-0.4, -0.2) is 12.7 Å². The van der Waals surface area contributed by atoms with Gasteiger partial charge in [-0.05, 0) is 69.8 Å². The van der Waals surface area contributed by atoms with Gasteiger partial charge >= 0.3 is 12.7 Å². The van der Waals surface area contributed by atoms with E-state index in [1.54, 1.807) is 12.1 Å². The van der Waals surface area contributed by atoms with E-state index in [-0.39, 0.29) is 44.5 Å². The Morgan fingerprint density at radius 2 is 0.849 bits per heavy atom. The number of alkyl halides is 6. The zero-order valence-electron chi connectivity index (χ0n) is 26.0. The molecule has 15 heteroatoms. The topological polar surface area (TPSA) is 114 Å². The third-order valence-corrected chi connectivity index (χ3v) is 9.62. The fraction of sp³-hybridized carbons (Fsp3) is 0.0526. The molecular formula is C38H12F8N4O2S. The highest BCUT2D eigenvalue weighted by Gasteiger charge is 2.40. The van der Waals surface area contributed by atoms with Crippen molar-refractivity contribution >= 4 is 22.5 Å². The van der Waals surface area contributed by atoms with Crippen molar-refractivity contribution in [2.75, 3.05) is 0 Å². The minimum Gasteiger partial charge on any atom is -0.406 e. The van der Waals surface area contributed by atoms with Crippen LogP contribution in [0.25, 0.3) is 55.7 Å². The Morgan fingerprint density at radius 1 is 0.491 bits per heavy atom. The smallest absolute Gasteiger partial charge is 0.406 e. The average Bonchev–Trinajstić information content (AvgIpc) is 3.71. The third-order valence-electron chi connectivity index (χ3n) is 8.40. The van der Waals surface area contributed by atoms with Crippen LogP contribution in [0.4, 0.5) is 35.1 Å². The predicted molar refractivity (Wildman–Crippen MR) is 174 cm³/mol. The second-order valence-electron chi connectivity index (χ2n) is 11.4. The van der Waals surface area contributed by atoms with E-state index in [2.05, 4.69) is 9.47 Å². The number of nitriles is 4. The second-order valence-corrected chi connectivity index (χ2v) is 12.4. The summed E-state index contributed by atoms with van der Waals surface area (Å²) < 4.78 is 114. The molecule has 0 unspecified atom stereocenters. The molecule has 6 nitrogen and oxygen atoms in total. The molecule has 0 aliphatic heterocycles. The molecule has 1 aromatic heterocycles. The summed E-state index contributed by atoms with van der Waals surface area (Å²) >= 11 is 1.07. The van der Waals surface area contributed by atoms with Gasteiger partial charge in [-0.2, -0.15) is 21.0 Å². The van der Waals surface area contributed by atoms with Crippen molar-refractivity contribution in [3.05, 3.63) is 116 Å². The molecule has 1 heterocycles. The van der Waals surface area contributed by atoms with Crippen LogP contribution in [0.15, 0.2) is 83.9 Å². The van der Waals surface area contributed by atoms with E-state index in [9.17, 15) is 47.4 Å². The fourth-order valence-electron chi connectivity index (χ4n) is 6.44. The highest BCUT2D eigenvalue weighted by molar-refractivity contribution is 7.16. The molecule has 258 valence electrons. The first-order valence-electron chi connectivity index (χ1n) is 14.8. The lowest BCUT2D eigenvalue weighted by Crippen LogP contribution is -2.17. The minimum atomic E-state index is -5.04. The van der Waals surface area contributed by atoms with Crippen LogP contribution in [0.3, 0.4) is 0 Å². The fourth-order valence-corrected chi connectivity index (χ4v) is 7.90. The normalized spacial score (nSPS) is 12.4. The summed E-state index contributed by atoms with van der Waals surface area (Å²) in [5.41, 5.74) is 2.59. The van der Waals surface area contributed by atoms with Gasteiger partial charge in [-0.1, -0.05) is 24.3 Å². The summed E-state index contributed by atoms with van der Waals surface area (Å²) in [6, 6.07) is 21.8. The zero-order chi connectivity index (χ0) is 38.0. The number of thiophene rings is 1. The van der Waals surface area contributed by atoms with Gasteiger partial charge in [0.2, 0.25) is 0 Å². The van der Waals surface area contributed by atoms with Crippen molar-refractivity contribution in [3.63, 3.8) is 0 Å². The number of rotatable bonds is 4. The molecule has 0 spiro atoms. The molecule has 2 aliphatic carbocycles. The Labute approximate surface area is 297 Å². The molecule has 0 N–H and O–H groups in total. The SMILES string of the molecule is N#CC(C#N)=C1c2cc(-c3ccc(OC(F)(F)F)cc3F)ccc2-c2c1sc1c2-c2ccc(-c3ccc(OC(F)(F)F)cc3F)cc2C1=C(C#N)C#N. The van der Waals surface area contributed by atoms with Crippen molar-refractivity contribution in [2.24, 2.45) is 0 Å². The maximum atomic E-state index is 15.2. The third kappa shape index (κ3) is 5.89. The molecule has 0 radical (unpaired) electrons. The van der Waals surface area contributed by atoms with E-state index in [1.807, 2.05) is 24.3 Å². The molecule has 53 heavy (non-hydrogen) atoms. The summed E-state index contributed by atoms with van der Waals surface area (Å²) in [5, 5.41) is 39.9. The maximum Gasteiger partial charge on any atom is 0.573 e. The number of nitrogens with zero attached hydrogens (tertiary/aromatic N) is 4. The Morgan fingerprint density at radius 3 is 1.17 bits per heavy atom. The van der Waals surface area contributed by atoms with Gasteiger partial charge in [-0.25, -0.2) is 8.78 Å². The summed E-state index contributed by atoms with van der Waals surface area (Å²) in [4.78, 5) is 0.840. The summed E-state index contributed by atoms with van der Waals surface area (Å²) in [6.07, 6.45) is -10.1. The largest absolute Gasteiger partial charge is 0.573 e. The molecule has 4 aromatic carbocycles. The molecule has 7 rings (SSSR count). The van der Waals surface area contributed by atoms with Crippen LogP contribution < -0.4 is 9.47 Å². The standard InChI is InChI=1S/C38H12F8N4O2S/c39-29-11-21(51-37(41,42)43)3-7-23(29)17-1-5-25-27(9-17)31(19(13-47)14-48)35-33(25)34-26-6-2-18(10-28(26)32(36(34)53-35)20(15-49)16-50)24-8-4-22(12-30(24)40)52-38(44,45)46/h1-12H. The van der Waals surface area contributed by atoms with Gasteiger partial charge in [0.05, 0.1) is 0 Å². The average molecular weight is 741 g/mol. The van der Waals surface area contributed by atoms with Crippen LogP contribution in [0.2, 0.25) is 0 Å². The first kappa shape index (κ1) is 34.5. The first-order chi connectivity index (χ1) is 25.2. The Kier molecular flexibility index (Phi) is 8.06. The van der Waals surface area contributed by atoms with E-state index in [0.717, 1.165) is 35.6 Å². The van der Waals surface area contributed by atoms with E-state index in [4.69, 9.17) is 0 Å². The summed E-state index contributed by atoms with van der Waals surface area (Å²) in [5.74, 6) is -3.62. The maximum absolute atomic E-state index is 15.2. The van der Waals surface area contributed by atoms with Crippen molar-refractivity contribution in [3.8, 4) is 80.3 Å². The number of halogens is 8. The molecule has 0 saturated heterocycles. The number of ether oxygens (including phenoxy) is 2. The van der Waals surface area contributed by atoms with Crippen LogP contribution in [0.1, 0.15) is 20.9 Å². The zero-order valence-corrected chi connectivity index (χ0v) is 26.8. The monoisotopic (exact) mass is 740 g/mol. The number of benzene rings is 4. The van der Waals surface area contributed by atoms with E-state index in [0.29, 0.717) is 55.3 Å². The van der Waals surface area contributed by atoms with Gasteiger partial charge in [0.25, 0.3) is 0 Å². The molecule has 0 fully saturated rings. The van der Waals surface area contributed by atoms with Crippen LogP contribution in [-0.2, 0) is 0 Å². The van der Waals surface area contributed by atoms with Gasteiger partial charge in [-0.15, -0.1) is 37.7 Å². The Hall–Kier alpha value is -6.94. The lowest BCUT2D eigenvalue weighted by atomic mass is 9.93. The lowest BCUT2D eigenvalue weighted by molar-refractivity contribution is -0.275. The highest BCUT2D eigenvalue weighted by atomic mass is 32.1. The van der Waals surface area contributed by atoms with Crippen LogP contribution in [0, 0.1) is 57.0 Å². The second kappa shape index (κ2) is 12.4. The molecule has 0 saturated carbocycles. The highest BCUT2D eigenvalue weighted by Crippen LogP contribution is 2.62. The minimum absolute atomic E-state index is 0.0985. The molecular weight excluding hydrogens is 728 g/mol. The summed E-state index contributed by atoms with van der Waals surface area (Å²) in [6.45, 7) is 0. The van der Waals surface area contributed by atoms with E-state index >= 15 is 8.78 Å². The molecule has 0 amide bonds. The van der Waals surface area contributed by atoms with Crippen LogP contribution >= 0.6 is 11.3 Å². The van der Waals surface area contributed by atoms with Crippen molar-refractivity contribution in [2.45, 2.75) is 12.7 Å². The Bertz CT molecular complexity index is 2470. The number of fused-ring (bicyclic) bond motifs is 7. The van der Waals surface area contributed by atoms with Crippen molar-refractivity contribution in [1.82, 2.24) is 0 Å². The number of hydrogen-bond acceptors (Lipinski definition) is 7.